The average molecular weight is 218 g/mol. The first kappa shape index (κ1) is 13.1. The van der Waals surface area contributed by atoms with Crippen LogP contribution in [-0.4, -0.2) is 13.7 Å². The van der Waals surface area contributed by atoms with Gasteiger partial charge in [0, 0.05) is 14.7 Å². The van der Waals surface area contributed by atoms with Crippen molar-refractivity contribution in [1.82, 2.24) is 0 Å². The SMILES string of the molecule is CC(C)(C)SC#CS(=O)C(C)(C)C. The van der Waals surface area contributed by atoms with Gasteiger partial charge in [0.05, 0.1) is 0 Å². The zero-order valence-corrected chi connectivity index (χ0v) is 10.9. The summed E-state index contributed by atoms with van der Waals surface area (Å²) in [5, 5.41) is 5.66. The summed E-state index contributed by atoms with van der Waals surface area (Å²) in [5.74, 6) is 0. The Hall–Kier alpha value is 0.0600. The van der Waals surface area contributed by atoms with Crippen molar-refractivity contribution in [3.8, 4) is 10.5 Å². The van der Waals surface area contributed by atoms with E-state index in [9.17, 15) is 4.21 Å². The minimum absolute atomic E-state index is 0.120. The molecule has 0 aliphatic heterocycles. The van der Waals surface area contributed by atoms with Crippen molar-refractivity contribution in [3.63, 3.8) is 0 Å². The highest BCUT2D eigenvalue weighted by Crippen LogP contribution is 2.21. The van der Waals surface area contributed by atoms with Crippen molar-refractivity contribution < 1.29 is 4.21 Å². The molecule has 1 nitrogen and oxygen atoms in total. The Balaban J connectivity index is 4.22. The van der Waals surface area contributed by atoms with Crippen LogP contribution in [0.1, 0.15) is 41.5 Å². The quantitative estimate of drug-likeness (QED) is 0.581. The van der Waals surface area contributed by atoms with E-state index in [0.29, 0.717) is 0 Å². The summed E-state index contributed by atoms with van der Waals surface area (Å²) in [6.45, 7) is 12.1. The van der Waals surface area contributed by atoms with Crippen molar-refractivity contribution in [2.75, 3.05) is 0 Å². The van der Waals surface area contributed by atoms with Crippen molar-refractivity contribution in [2.24, 2.45) is 0 Å². The monoisotopic (exact) mass is 218 g/mol. The van der Waals surface area contributed by atoms with Crippen LogP contribution >= 0.6 is 11.8 Å². The van der Waals surface area contributed by atoms with Gasteiger partial charge in [-0.25, -0.2) is 4.21 Å². The molecule has 0 bridgehead atoms. The van der Waals surface area contributed by atoms with Crippen molar-refractivity contribution in [1.29, 1.82) is 0 Å². The summed E-state index contributed by atoms with van der Waals surface area (Å²) in [4.78, 5) is 0. The van der Waals surface area contributed by atoms with E-state index in [-0.39, 0.29) is 9.49 Å². The Morgan fingerprint density at radius 3 is 1.85 bits per heavy atom. The lowest BCUT2D eigenvalue weighted by atomic mass is 10.3. The molecule has 1 unspecified atom stereocenters. The molecule has 0 rings (SSSR count). The van der Waals surface area contributed by atoms with E-state index in [0.717, 1.165) is 0 Å². The second-order valence-corrected chi connectivity index (χ2v) is 8.40. The van der Waals surface area contributed by atoms with E-state index in [1.54, 1.807) is 0 Å². The van der Waals surface area contributed by atoms with Gasteiger partial charge in [0.15, 0.2) is 0 Å². The van der Waals surface area contributed by atoms with Gasteiger partial charge in [0.1, 0.15) is 10.8 Å². The van der Waals surface area contributed by atoms with E-state index >= 15 is 0 Å². The molecule has 0 heterocycles. The van der Waals surface area contributed by atoms with Gasteiger partial charge in [-0.1, -0.05) is 32.5 Å². The molecule has 0 spiro atoms. The lowest BCUT2D eigenvalue weighted by molar-refractivity contribution is 0.657. The number of thioether (sulfide) groups is 1. The fourth-order valence-electron chi connectivity index (χ4n) is 0.365. The first-order chi connectivity index (χ1) is 5.63. The lowest BCUT2D eigenvalue weighted by Gasteiger charge is -2.13. The van der Waals surface area contributed by atoms with Crippen molar-refractivity contribution in [3.05, 3.63) is 0 Å². The molecule has 0 fully saturated rings. The van der Waals surface area contributed by atoms with Crippen LogP contribution in [0.4, 0.5) is 0 Å². The second kappa shape index (κ2) is 4.52. The predicted octanol–water partition coefficient (Wildman–Crippen LogP) is 2.98. The van der Waals surface area contributed by atoms with Gasteiger partial charge in [0.25, 0.3) is 0 Å². The van der Waals surface area contributed by atoms with E-state index < -0.39 is 10.8 Å². The Bertz CT molecular complexity index is 245. The van der Waals surface area contributed by atoms with Crippen LogP contribution in [0.3, 0.4) is 0 Å². The molecule has 0 aromatic heterocycles. The zero-order valence-electron chi connectivity index (χ0n) is 9.22. The molecule has 76 valence electrons. The molecule has 13 heavy (non-hydrogen) atoms. The molecular weight excluding hydrogens is 200 g/mol. The summed E-state index contributed by atoms with van der Waals surface area (Å²) >= 11 is 1.52. The van der Waals surface area contributed by atoms with E-state index in [1.807, 2.05) is 20.8 Å². The largest absolute Gasteiger partial charge is 0.245 e. The number of rotatable bonds is 0. The smallest absolute Gasteiger partial charge is 0.104 e. The van der Waals surface area contributed by atoms with Crippen LogP contribution in [0.2, 0.25) is 0 Å². The van der Waals surface area contributed by atoms with Crippen LogP contribution in [0.5, 0.6) is 0 Å². The molecule has 0 N–H and O–H groups in total. The normalized spacial score (nSPS) is 14.6. The molecule has 0 aromatic carbocycles. The van der Waals surface area contributed by atoms with Gasteiger partial charge in [-0.05, 0) is 26.0 Å². The third-order valence-electron chi connectivity index (χ3n) is 1.05. The van der Waals surface area contributed by atoms with Crippen LogP contribution in [-0.2, 0) is 10.8 Å². The number of hydrogen-bond donors (Lipinski definition) is 0. The van der Waals surface area contributed by atoms with Gasteiger partial charge in [-0.3, -0.25) is 0 Å². The van der Waals surface area contributed by atoms with Gasteiger partial charge < -0.3 is 0 Å². The zero-order chi connectivity index (χ0) is 10.7. The Morgan fingerprint density at radius 2 is 1.54 bits per heavy atom. The first-order valence-corrected chi connectivity index (χ1v) is 6.20. The molecular formula is C10H18OS2. The summed E-state index contributed by atoms with van der Waals surface area (Å²) in [5.41, 5.74) is 0. The summed E-state index contributed by atoms with van der Waals surface area (Å²) in [7, 11) is -1.05. The summed E-state index contributed by atoms with van der Waals surface area (Å²) in [6, 6.07) is 0. The Morgan fingerprint density at radius 1 is 1.08 bits per heavy atom. The minimum Gasteiger partial charge on any atom is -0.245 e. The van der Waals surface area contributed by atoms with Gasteiger partial charge in [0.2, 0.25) is 0 Å². The molecule has 0 aliphatic carbocycles. The highest BCUT2D eigenvalue weighted by atomic mass is 32.2. The molecule has 0 aromatic rings. The second-order valence-electron chi connectivity index (χ2n) is 4.80. The topological polar surface area (TPSA) is 17.1 Å². The molecule has 1 atom stereocenters. The molecule has 0 aliphatic rings. The molecule has 0 amide bonds. The van der Waals surface area contributed by atoms with E-state index in [4.69, 9.17) is 0 Å². The maximum atomic E-state index is 11.5. The molecule has 3 heteroatoms. The standard InChI is InChI=1S/C10H18OS2/c1-9(2,3)12-7-8-13(11)10(4,5)6/h1-6H3. The number of hydrogen-bond acceptors (Lipinski definition) is 2. The van der Waals surface area contributed by atoms with Crippen LogP contribution < -0.4 is 0 Å². The third-order valence-corrected chi connectivity index (χ3v) is 3.39. The first-order valence-electron chi connectivity index (χ1n) is 4.23. The molecule has 0 radical (unpaired) electrons. The van der Waals surface area contributed by atoms with Crippen LogP contribution in [0.15, 0.2) is 0 Å². The lowest BCUT2D eigenvalue weighted by Crippen LogP contribution is -2.19. The molecule has 0 saturated carbocycles. The highest BCUT2D eigenvalue weighted by molar-refractivity contribution is 8.05. The summed E-state index contributed by atoms with van der Waals surface area (Å²) in [6.07, 6.45) is 0. The highest BCUT2D eigenvalue weighted by Gasteiger charge is 2.17. The third kappa shape index (κ3) is 7.16. The van der Waals surface area contributed by atoms with Crippen molar-refractivity contribution >= 4 is 22.6 Å². The fourth-order valence-corrected chi connectivity index (χ4v) is 1.45. The fraction of sp³-hybridized carbons (Fsp3) is 0.800. The van der Waals surface area contributed by atoms with E-state index in [1.165, 1.54) is 11.8 Å². The summed E-state index contributed by atoms with van der Waals surface area (Å²) < 4.78 is 11.4. The maximum absolute atomic E-state index is 11.5. The van der Waals surface area contributed by atoms with Crippen molar-refractivity contribution in [2.45, 2.75) is 51.0 Å². The maximum Gasteiger partial charge on any atom is 0.104 e. The van der Waals surface area contributed by atoms with E-state index in [2.05, 4.69) is 31.3 Å². The van der Waals surface area contributed by atoms with Crippen LogP contribution in [0, 0.1) is 10.5 Å². The van der Waals surface area contributed by atoms with Crippen LogP contribution in [0.25, 0.3) is 0 Å². The molecule has 0 saturated heterocycles. The van der Waals surface area contributed by atoms with Gasteiger partial charge >= 0.3 is 0 Å². The average Bonchev–Trinajstić information content (AvgIpc) is 1.82. The van der Waals surface area contributed by atoms with Gasteiger partial charge in [-0.15, -0.1) is 0 Å². The predicted molar refractivity (Wildman–Crippen MR) is 63.0 cm³/mol. The van der Waals surface area contributed by atoms with Gasteiger partial charge in [-0.2, -0.15) is 0 Å². The Kier molecular flexibility index (Phi) is 4.54. The minimum atomic E-state index is -1.05. The Labute approximate surface area is 88.5 Å².